The van der Waals surface area contributed by atoms with Crippen molar-refractivity contribution < 1.29 is 28.4 Å². The van der Waals surface area contributed by atoms with Crippen LogP contribution in [0.5, 0.6) is 5.75 Å². The van der Waals surface area contributed by atoms with E-state index in [0.29, 0.717) is 52.4 Å². The lowest BCUT2D eigenvalue weighted by Crippen LogP contribution is -2.19. The Balaban J connectivity index is 1.42. The number of hydrogen-bond acceptors (Lipinski definition) is 6. The molecule has 1 heterocycles. The maximum absolute atomic E-state index is 5.83. The molecule has 0 amide bonds. The number of ether oxygens (including phenoxy) is 6. The second kappa shape index (κ2) is 11.3. The largest absolute Gasteiger partial charge is 0.465 e. The van der Waals surface area contributed by atoms with Gasteiger partial charge in [-0.1, -0.05) is 18.2 Å². The van der Waals surface area contributed by atoms with Crippen molar-refractivity contribution in [2.75, 3.05) is 46.2 Å². The van der Waals surface area contributed by atoms with Crippen molar-refractivity contribution in [2.45, 2.75) is 32.8 Å². The molecule has 28 heavy (non-hydrogen) atoms. The number of benzene rings is 2. The third kappa shape index (κ3) is 7.37. The van der Waals surface area contributed by atoms with E-state index in [4.69, 9.17) is 28.4 Å². The molecular weight excluding hydrogens is 360 g/mol. The Morgan fingerprint density at radius 3 is 2.54 bits per heavy atom. The standard InChI is InChI=1S/C22H30O6/c1-3-23-10-11-26-17(2)28-21-7-6-19-12-18(4-5-20(19)13-21)14-24-8-9-25-15-22-16-27-22/h4-7,12-13,17,22H,3,8-11,14-16H2,1-2H3. The van der Waals surface area contributed by atoms with Crippen LogP contribution in [0.4, 0.5) is 0 Å². The average molecular weight is 390 g/mol. The summed E-state index contributed by atoms with van der Waals surface area (Å²) >= 11 is 0. The molecule has 2 aromatic carbocycles. The summed E-state index contributed by atoms with van der Waals surface area (Å²) in [6.07, 6.45) is -0.0155. The molecule has 154 valence electrons. The van der Waals surface area contributed by atoms with Gasteiger partial charge in [0, 0.05) is 6.61 Å². The zero-order valence-electron chi connectivity index (χ0n) is 16.7. The third-order valence-electron chi connectivity index (χ3n) is 4.31. The number of fused-ring (bicyclic) bond motifs is 1. The van der Waals surface area contributed by atoms with Crippen LogP contribution in [0, 0.1) is 0 Å². The molecule has 1 aliphatic heterocycles. The van der Waals surface area contributed by atoms with Crippen LogP contribution < -0.4 is 4.74 Å². The van der Waals surface area contributed by atoms with Crippen LogP contribution in [0.25, 0.3) is 10.8 Å². The van der Waals surface area contributed by atoms with Gasteiger partial charge in [0.1, 0.15) is 11.9 Å². The number of hydrogen-bond donors (Lipinski definition) is 0. The predicted octanol–water partition coefficient (Wildman–Crippen LogP) is 3.55. The molecule has 6 nitrogen and oxygen atoms in total. The highest BCUT2D eigenvalue weighted by molar-refractivity contribution is 5.84. The Hall–Kier alpha value is -1.70. The Morgan fingerprint density at radius 1 is 0.964 bits per heavy atom. The molecule has 0 spiro atoms. The zero-order valence-corrected chi connectivity index (χ0v) is 16.7. The number of rotatable bonds is 14. The Morgan fingerprint density at radius 2 is 1.71 bits per heavy atom. The second-order valence-corrected chi connectivity index (χ2v) is 6.68. The summed E-state index contributed by atoms with van der Waals surface area (Å²) in [5.41, 5.74) is 1.14. The molecular formula is C22H30O6. The van der Waals surface area contributed by atoms with E-state index in [-0.39, 0.29) is 6.29 Å². The molecule has 0 bridgehead atoms. The Labute approximate surface area is 166 Å². The van der Waals surface area contributed by atoms with E-state index in [2.05, 4.69) is 24.3 Å². The van der Waals surface area contributed by atoms with E-state index >= 15 is 0 Å². The fraction of sp³-hybridized carbons (Fsp3) is 0.545. The maximum Gasteiger partial charge on any atom is 0.197 e. The normalized spacial score (nSPS) is 17.0. The van der Waals surface area contributed by atoms with Crippen LogP contribution in [0.2, 0.25) is 0 Å². The van der Waals surface area contributed by atoms with Crippen LogP contribution in [-0.4, -0.2) is 58.6 Å². The molecule has 1 saturated heterocycles. The first kappa shape index (κ1) is 21.0. The zero-order chi connectivity index (χ0) is 19.6. The SMILES string of the molecule is CCOCCOC(C)Oc1ccc2cc(COCCOCC3CO3)ccc2c1. The first-order chi connectivity index (χ1) is 13.7. The van der Waals surface area contributed by atoms with Crippen LogP contribution in [0.1, 0.15) is 19.4 Å². The van der Waals surface area contributed by atoms with E-state index in [1.807, 2.05) is 26.0 Å². The summed E-state index contributed by atoms with van der Waals surface area (Å²) in [6.45, 7) is 8.88. The summed E-state index contributed by atoms with van der Waals surface area (Å²) in [5, 5.41) is 2.27. The van der Waals surface area contributed by atoms with Gasteiger partial charge in [0.05, 0.1) is 46.2 Å². The minimum Gasteiger partial charge on any atom is -0.465 e. The van der Waals surface area contributed by atoms with Crippen LogP contribution in [0.3, 0.4) is 0 Å². The van der Waals surface area contributed by atoms with E-state index in [0.717, 1.165) is 28.7 Å². The van der Waals surface area contributed by atoms with Gasteiger partial charge in [-0.3, -0.25) is 0 Å². The van der Waals surface area contributed by atoms with Gasteiger partial charge < -0.3 is 28.4 Å². The van der Waals surface area contributed by atoms with Gasteiger partial charge in [-0.2, -0.15) is 0 Å². The summed E-state index contributed by atoms with van der Waals surface area (Å²) in [5.74, 6) is 0.789. The van der Waals surface area contributed by atoms with E-state index < -0.39 is 0 Å². The minimum absolute atomic E-state index is 0.305. The molecule has 0 saturated carbocycles. The van der Waals surface area contributed by atoms with Gasteiger partial charge in [-0.05, 0) is 48.4 Å². The van der Waals surface area contributed by atoms with E-state index in [1.54, 1.807) is 0 Å². The van der Waals surface area contributed by atoms with Crippen molar-refractivity contribution in [2.24, 2.45) is 0 Å². The van der Waals surface area contributed by atoms with Gasteiger partial charge >= 0.3 is 0 Å². The summed E-state index contributed by atoms with van der Waals surface area (Å²) in [7, 11) is 0. The lowest BCUT2D eigenvalue weighted by atomic mass is 10.1. The fourth-order valence-corrected chi connectivity index (χ4v) is 2.77. The van der Waals surface area contributed by atoms with Gasteiger partial charge in [-0.25, -0.2) is 0 Å². The van der Waals surface area contributed by atoms with Crippen molar-refractivity contribution in [1.29, 1.82) is 0 Å². The molecule has 3 rings (SSSR count). The van der Waals surface area contributed by atoms with Gasteiger partial charge in [-0.15, -0.1) is 0 Å². The molecule has 1 fully saturated rings. The highest BCUT2D eigenvalue weighted by atomic mass is 16.7. The molecule has 1 aliphatic rings. The molecule has 2 unspecified atom stereocenters. The Kier molecular flexibility index (Phi) is 8.51. The highest BCUT2D eigenvalue weighted by Crippen LogP contribution is 2.23. The summed E-state index contributed by atoms with van der Waals surface area (Å²) in [4.78, 5) is 0. The average Bonchev–Trinajstić information content (AvgIpc) is 3.52. The minimum atomic E-state index is -0.320. The van der Waals surface area contributed by atoms with E-state index in [9.17, 15) is 0 Å². The summed E-state index contributed by atoms with van der Waals surface area (Å²) in [6, 6.07) is 12.3. The molecule has 2 aromatic rings. The lowest BCUT2D eigenvalue weighted by molar-refractivity contribution is -0.0825. The second-order valence-electron chi connectivity index (χ2n) is 6.68. The number of epoxide rings is 1. The topological polar surface area (TPSA) is 58.7 Å². The first-order valence-corrected chi connectivity index (χ1v) is 9.90. The lowest BCUT2D eigenvalue weighted by Gasteiger charge is -2.16. The molecule has 0 aromatic heterocycles. The van der Waals surface area contributed by atoms with Crippen LogP contribution in [0.15, 0.2) is 36.4 Å². The van der Waals surface area contributed by atoms with Gasteiger partial charge in [0.25, 0.3) is 0 Å². The summed E-state index contributed by atoms with van der Waals surface area (Å²) < 4.78 is 32.9. The van der Waals surface area contributed by atoms with Gasteiger partial charge in [0.2, 0.25) is 0 Å². The first-order valence-electron chi connectivity index (χ1n) is 9.90. The van der Waals surface area contributed by atoms with Gasteiger partial charge in [0.15, 0.2) is 6.29 Å². The maximum atomic E-state index is 5.83. The van der Waals surface area contributed by atoms with E-state index in [1.165, 1.54) is 0 Å². The van der Waals surface area contributed by atoms with Crippen molar-refractivity contribution in [3.63, 3.8) is 0 Å². The van der Waals surface area contributed by atoms with Crippen molar-refractivity contribution >= 4 is 10.8 Å². The van der Waals surface area contributed by atoms with Crippen molar-refractivity contribution in [1.82, 2.24) is 0 Å². The monoisotopic (exact) mass is 390 g/mol. The highest BCUT2D eigenvalue weighted by Gasteiger charge is 2.21. The Bertz CT molecular complexity index is 715. The van der Waals surface area contributed by atoms with Crippen LogP contribution in [-0.2, 0) is 30.3 Å². The smallest absolute Gasteiger partial charge is 0.197 e. The quantitative estimate of drug-likeness (QED) is 0.279. The van der Waals surface area contributed by atoms with Crippen molar-refractivity contribution in [3.8, 4) is 5.75 Å². The molecule has 0 radical (unpaired) electrons. The van der Waals surface area contributed by atoms with Crippen LogP contribution >= 0.6 is 0 Å². The predicted molar refractivity (Wildman–Crippen MR) is 107 cm³/mol. The fourth-order valence-electron chi connectivity index (χ4n) is 2.77. The third-order valence-corrected chi connectivity index (χ3v) is 4.31. The van der Waals surface area contributed by atoms with Crippen molar-refractivity contribution in [3.05, 3.63) is 42.0 Å². The molecule has 0 aliphatic carbocycles. The molecule has 0 N–H and O–H groups in total. The molecule has 6 heteroatoms. The molecule has 2 atom stereocenters.